The summed E-state index contributed by atoms with van der Waals surface area (Å²) in [7, 11) is -4.02. The van der Waals surface area contributed by atoms with Crippen LogP contribution in [-0.4, -0.2) is 42.6 Å². The van der Waals surface area contributed by atoms with Crippen molar-refractivity contribution in [3.63, 3.8) is 0 Å². The monoisotopic (exact) mass is 416 g/mol. The molecule has 0 spiro atoms. The first-order chi connectivity index (χ1) is 13.9. The van der Waals surface area contributed by atoms with Crippen molar-refractivity contribution >= 4 is 38.7 Å². The molecule has 2 aromatic carbocycles. The minimum atomic E-state index is -4.02. The normalized spacial score (nSPS) is 14.0. The summed E-state index contributed by atoms with van der Waals surface area (Å²) in [4.78, 5) is 19.1. The maximum Gasteiger partial charge on any atom is 0.339 e. The van der Waals surface area contributed by atoms with Gasteiger partial charge in [0.15, 0.2) is 0 Å². The molecule has 3 aromatic rings. The molecule has 0 aliphatic heterocycles. The van der Waals surface area contributed by atoms with Crippen molar-refractivity contribution in [1.82, 2.24) is 9.97 Å². The molecule has 0 bridgehead atoms. The quantitative estimate of drug-likeness (QED) is 0.413. The molecule has 29 heavy (non-hydrogen) atoms. The highest BCUT2D eigenvalue weighted by molar-refractivity contribution is 7.87. The molecule has 1 heterocycles. The number of benzene rings is 2. The van der Waals surface area contributed by atoms with Gasteiger partial charge in [0.2, 0.25) is 11.9 Å². The summed E-state index contributed by atoms with van der Waals surface area (Å²) in [6.07, 6.45) is 1.78. The van der Waals surface area contributed by atoms with Gasteiger partial charge in [-0.25, -0.2) is 4.98 Å². The first kappa shape index (κ1) is 19.2. The number of hydrogen-bond acceptors (Lipinski definition) is 7. The van der Waals surface area contributed by atoms with Crippen LogP contribution in [0.25, 0.3) is 11.0 Å². The first-order valence-corrected chi connectivity index (χ1v) is 10.6. The minimum Gasteiger partial charge on any atom is -0.395 e. The van der Waals surface area contributed by atoms with E-state index < -0.39 is 10.1 Å². The molecule has 1 fully saturated rings. The van der Waals surface area contributed by atoms with Crippen molar-refractivity contribution in [1.29, 1.82) is 0 Å². The van der Waals surface area contributed by atoms with Crippen LogP contribution in [0.3, 0.4) is 0 Å². The largest absolute Gasteiger partial charge is 0.395 e. The molecule has 0 unspecified atom stereocenters. The Morgan fingerprint density at radius 3 is 2.66 bits per heavy atom. The predicted molar refractivity (Wildman–Crippen MR) is 107 cm³/mol. The van der Waals surface area contributed by atoms with Gasteiger partial charge in [-0.2, -0.15) is 8.42 Å². The molecule has 10 heteroatoms. The van der Waals surface area contributed by atoms with Gasteiger partial charge >= 0.3 is 10.1 Å². The summed E-state index contributed by atoms with van der Waals surface area (Å²) in [5.41, 5.74) is 1.82. The number of aliphatic hydroxyl groups is 1. The number of rotatable bonds is 8. The zero-order valence-electron chi connectivity index (χ0n) is 15.4. The number of amides is 1. The summed E-state index contributed by atoms with van der Waals surface area (Å²) in [6.45, 7) is 0.348. The van der Waals surface area contributed by atoms with Crippen molar-refractivity contribution in [3.8, 4) is 5.75 Å². The summed E-state index contributed by atoms with van der Waals surface area (Å²) in [5, 5.41) is 14.5. The van der Waals surface area contributed by atoms with E-state index in [-0.39, 0.29) is 29.1 Å². The average Bonchev–Trinajstić information content (AvgIpc) is 3.47. The van der Waals surface area contributed by atoms with Gasteiger partial charge in [0, 0.05) is 24.2 Å². The van der Waals surface area contributed by atoms with Gasteiger partial charge in [0.25, 0.3) is 0 Å². The Bertz CT molecular complexity index is 1140. The van der Waals surface area contributed by atoms with E-state index in [1.165, 1.54) is 24.3 Å². The third kappa shape index (κ3) is 4.49. The molecule has 0 saturated heterocycles. The molecular weight excluding hydrogens is 396 g/mol. The minimum absolute atomic E-state index is 0.00846. The number of aromatic nitrogens is 2. The van der Waals surface area contributed by atoms with E-state index in [4.69, 9.17) is 9.29 Å². The van der Waals surface area contributed by atoms with E-state index >= 15 is 0 Å². The fraction of sp³-hybridized carbons (Fsp3) is 0.263. The van der Waals surface area contributed by atoms with Crippen molar-refractivity contribution in [2.45, 2.75) is 17.7 Å². The summed E-state index contributed by atoms with van der Waals surface area (Å²) in [6, 6.07) is 10.7. The zero-order valence-corrected chi connectivity index (χ0v) is 16.2. The first-order valence-electron chi connectivity index (χ1n) is 9.14. The van der Waals surface area contributed by atoms with E-state index in [1.54, 1.807) is 18.2 Å². The van der Waals surface area contributed by atoms with E-state index in [0.29, 0.717) is 29.2 Å². The second-order valence-corrected chi connectivity index (χ2v) is 8.29. The molecule has 4 N–H and O–H groups in total. The lowest BCUT2D eigenvalue weighted by molar-refractivity contribution is -0.117. The van der Waals surface area contributed by atoms with Crippen LogP contribution in [-0.2, 0) is 14.9 Å². The molecule has 1 amide bonds. The molecular formula is C19H20N4O5S. The van der Waals surface area contributed by atoms with Crippen LogP contribution in [0.2, 0.25) is 0 Å². The SMILES string of the molecule is O=C(Nc1nc2ccc(OS(=O)(=O)c3ccc(NCCO)cc3)cc2[nH]1)C1CC1. The van der Waals surface area contributed by atoms with Crippen molar-refractivity contribution < 1.29 is 22.5 Å². The summed E-state index contributed by atoms with van der Waals surface area (Å²) in [5.74, 6) is 0.434. The van der Waals surface area contributed by atoms with Gasteiger partial charge in [0.1, 0.15) is 10.6 Å². The molecule has 4 rings (SSSR count). The van der Waals surface area contributed by atoms with Crippen LogP contribution < -0.4 is 14.8 Å². The Morgan fingerprint density at radius 1 is 1.21 bits per heavy atom. The fourth-order valence-electron chi connectivity index (χ4n) is 2.78. The van der Waals surface area contributed by atoms with Gasteiger partial charge in [0.05, 0.1) is 17.6 Å². The number of carbonyl (C=O) groups is 1. The molecule has 1 aliphatic rings. The number of hydrogen-bond donors (Lipinski definition) is 4. The van der Waals surface area contributed by atoms with Crippen LogP contribution >= 0.6 is 0 Å². The topological polar surface area (TPSA) is 133 Å². The Hall–Kier alpha value is -3.11. The van der Waals surface area contributed by atoms with Crippen molar-refractivity contribution in [3.05, 3.63) is 42.5 Å². The number of anilines is 2. The number of carbonyl (C=O) groups excluding carboxylic acids is 1. The molecule has 0 atom stereocenters. The predicted octanol–water partition coefficient (Wildman–Crippen LogP) is 2.08. The lowest BCUT2D eigenvalue weighted by atomic mass is 10.3. The number of imidazole rings is 1. The Labute approximate surface area is 167 Å². The summed E-state index contributed by atoms with van der Waals surface area (Å²) >= 11 is 0. The van der Waals surface area contributed by atoms with Crippen molar-refractivity contribution in [2.24, 2.45) is 5.92 Å². The highest BCUT2D eigenvalue weighted by atomic mass is 32.2. The van der Waals surface area contributed by atoms with Gasteiger partial charge < -0.3 is 19.6 Å². The lowest BCUT2D eigenvalue weighted by Gasteiger charge is -2.08. The molecule has 0 radical (unpaired) electrons. The summed E-state index contributed by atoms with van der Waals surface area (Å²) < 4.78 is 30.3. The Balaban J connectivity index is 1.49. The van der Waals surface area contributed by atoms with Crippen LogP contribution in [0, 0.1) is 5.92 Å². The maximum absolute atomic E-state index is 12.5. The molecule has 9 nitrogen and oxygen atoms in total. The van der Waals surface area contributed by atoms with Crippen LogP contribution in [0.1, 0.15) is 12.8 Å². The number of aliphatic hydroxyl groups excluding tert-OH is 1. The highest BCUT2D eigenvalue weighted by Crippen LogP contribution is 2.30. The van der Waals surface area contributed by atoms with Crippen LogP contribution in [0.15, 0.2) is 47.4 Å². The second-order valence-electron chi connectivity index (χ2n) is 6.74. The van der Waals surface area contributed by atoms with Gasteiger partial charge in [-0.1, -0.05) is 0 Å². The van der Waals surface area contributed by atoms with Crippen LogP contribution in [0.4, 0.5) is 11.6 Å². The Morgan fingerprint density at radius 2 is 1.97 bits per heavy atom. The average molecular weight is 416 g/mol. The Kier molecular flexibility index (Phi) is 5.12. The molecule has 152 valence electrons. The van der Waals surface area contributed by atoms with E-state index in [9.17, 15) is 13.2 Å². The fourth-order valence-corrected chi connectivity index (χ4v) is 3.70. The highest BCUT2D eigenvalue weighted by Gasteiger charge is 2.30. The third-order valence-corrected chi connectivity index (χ3v) is 5.69. The number of nitrogens with one attached hydrogen (secondary N) is 3. The van der Waals surface area contributed by atoms with Crippen molar-refractivity contribution in [2.75, 3.05) is 23.8 Å². The molecule has 1 saturated carbocycles. The second kappa shape index (κ2) is 7.72. The van der Waals surface area contributed by atoms with E-state index in [0.717, 1.165) is 12.8 Å². The van der Waals surface area contributed by atoms with Gasteiger partial charge in [-0.3, -0.25) is 10.1 Å². The standard InChI is InChI=1S/C19H20N4O5S/c24-10-9-20-13-3-6-15(7-4-13)29(26,27)28-14-5-8-16-17(11-14)22-19(21-16)23-18(25)12-1-2-12/h3-8,11-12,20,24H,1-2,9-10H2,(H2,21,22,23,25). The number of H-pyrrole nitrogens is 1. The molecule has 1 aliphatic carbocycles. The number of nitrogens with zero attached hydrogens (tertiary/aromatic N) is 1. The smallest absolute Gasteiger partial charge is 0.339 e. The zero-order chi connectivity index (χ0) is 20.4. The number of fused-ring (bicyclic) bond motifs is 1. The van der Waals surface area contributed by atoms with E-state index in [1.807, 2.05) is 0 Å². The maximum atomic E-state index is 12.5. The number of aromatic amines is 1. The van der Waals surface area contributed by atoms with Gasteiger partial charge in [-0.05, 0) is 49.2 Å². The van der Waals surface area contributed by atoms with E-state index in [2.05, 4.69) is 20.6 Å². The molecule has 1 aromatic heterocycles. The van der Waals surface area contributed by atoms with Gasteiger partial charge in [-0.15, -0.1) is 0 Å². The lowest BCUT2D eigenvalue weighted by Crippen LogP contribution is -2.14. The third-order valence-electron chi connectivity index (χ3n) is 4.43. The van der Waals surface area contributed by atoms with Crippen LogP contribution in [0.5, 0.6) is 5.75 Å².